The van der Waals surface area contributed by atoms with E-state index in [2.05, 4.69) is 37.0 Å². The van der Waals surface area contributed by atoms with Crippen LogP contribution in [0.3, 0.4) is 0 Å². The molecule has 0 saturated heterocycles. The van der Waals surface area contributed by atoms with Crippen LogP contribution in [0.2, 0.25) is 5.02 Å². The van der Waals surface area contributed by atoms with Crippen molar-refractivity contribution in [3.8, 4) is 6.07 Å². The zero-order chi connectivity index (χ0) is 14.8. The van der Waals surface area contributed by atoms with Crippen LogP contribution in [0, 0.1) is 11.3 Å². The van der Waals surface area contributed by atoms with Gasteiger partial charge in [-0.25, -0.2) is 5.84 Å². The maximum atomic E-state index is 8.95. The van der Waals surface area contributed by atoms with Crippen molar-refractivity contribution in [2.45, 2.75) is 0 Å². The lowest BCUT2D eigenvalue weighted by molar-refractivity contribution is 1.08. The number of anilines is 3. The fourth-order valence-corrected chi connectivity index (χ4v) is 1.98. The number of hydrogen-bond donors (Lipinski definition) is 4. The number of halogens is 1. The van der Waals surface area contributed by atoms with Gasteiger partial charge in [-0.3, -0.25) is 10.5 Å². The molecule has 3 aromatic rings. The maximum absolute atomic E-state index is 8.95. The number of nitrogens with two attached hydrogens (primary N) is 1. The molecule has 0 atom stereocenters. The molecule has 1 aromatic carbocycles. The predicted octanol–water partition coefficient (Wildman–Crippen LogP) is 1.91. The number of nitrogens with one attached hydrogen (secondary N) is 3. The standard InChI is InChI=1S/C12H9ClN8/c13-8-2-1-6(4-14)3-9(8)17-10-7-5-16-21-11(7)19-12(18-10)20-15/h1-3,5H,15H2,(H3,16,17,18,19,20,21). The first-order valence-corrected chi connectivity index (χ1v) is 6.23. The summed E-state index contributed by atoms with van der Waals surface area (Å²) in [7, 11) is 0. The molecule has 0 saturated carbocycles. The van der Waals surface area contributed by atoms with Crippen molar-refractivity contribution in [3.63, 3.8) is 0 Å². The molecule has 0 spiro atoms. The van der Waals surface area contributed by atoms with Gasteiger partial charge in [-0.2, -0.15) is 20.3 Å². The number of fused-ring (bicyclic) bond motifs is 1. The van der Waals surface area contributed by atoms with E-state index in [4.69, 9.17) is 22.7 Å². The molecule has 5 N–H and O–H groups in total. The van der Waals surface area contributed by atoms with Crippen molar-refractivity contribution in [1.29, 1.82) is 5.26 Å². The molecular formula is C12H9ClN8. The largest absolute Gasteiger partial charge is 0.338 e. The third-order valence-corrected chi connectivity index (χ3v) is 3.12. The van der Waals surface area contributed by atoms with E-state index in [-0.39, 0.29) is 5.95 Å². The van der Waals surface area contributed by atoms with Crippen molar-refractivity contribution in [2.24, 2.45) is 5.84 Å². The number of benzene rings is 1. The number of nitrogens with zero attached hydrogens (tertiary/aromatic N) is 4. The number of hydrogen-bond acceptors (Lipinski definition) is 7. The van der Waals surface area contributed by atoms with Gasteiger partial charge in [0.1, 0.15) is 5.82 Å². The van der Waals surface area contributed by atoms with Crippen LogP contribution in [0.25, 0.3) is 11.0 Å². The van der Waals surface area contributed by atoms with Gasteiger partial charge >= 0.3 is 0 Å². The Morgan fingerprint density at radius 2 is 2.19 bits per heavy atom. The second-order valence-electron chi connectivity index (χ2n) is 4.10. The van der Waals surface area contributed by atoms with Gasteiger partial charge in [-0.15, -0.1) is 0 Å². The molecule has 0 bridgehead atoms. The summed E-state index contributed by atoms with van der Waals surface area (Å²) in [6.07, 6.45) is 1.58. The van der Waals surface area contributed by atoms with Gasteiger partial charge < -0.3 is 5.32 Å². The fourth-order valence-electron chi connectivity index (χ4n) is 1.81. The van der Waals surface area contributed by atoms with Crippen LogP contribution < -0.4 is 16.6 Å². The monoisotopic (exact) mass is 300 g/mol. The van der Waals surface area contributed by atoms with E-state index in [1.54, 1.807) is 24.4 Å². The Kier molecular flexibility index (Phi) is 3.27. The van der Waals surface area contributed by atoms with E-state index < -0.39 is 0 Å². The first-order valence-electron chi connectivity index (χ1n) is 5.85. The van der Waals surface area contributed by atoms with E-state index in [0.29, 0.717) is 33.1 Å². The van der Waals surface area contributed by atoms with Gasteiger partial charge in [-0.05, 0) is 18.2 Å². The summed E-state index contributed by atoms with van der Waals surface area (Å²) < 4.78 is 0. The zero-order valence-corrected chi connectivity index (χ0v) is 11.3. The fraction of sp³-hybridized carbons (Fsp3) is 0. The Morgan fingerprint density at radius 1 is 1.33 bits per heavy atom. The SMILES string of the molecule is N#Cc1ccc(Cl)c(Nc2nc(NN)nc3[nH]ncc23)c1. The summed E-state index contributed by atoms with van der Waals surface area (Å²) in [6, 6.07) is 6.95. The smallest absolute Gasteiger partial charge is 0.241 e. The molecule has 8 nitrogen and oxygen atoms in total. The van der Waals surface area contributed by atoms with Crippen molar-refractivity contribution < 1.29 is 0 Å². The number of nitriles is 1. The average Bonchev–Trinajstić information content (AvgIpc) is 2.98. The van der Waals surface area contributed by atoms with Crippen LogP contribution >= 0.6 is 11.6 Å². The maximum Gasteiger partial charge on any atom is 0.241 e. The molecule has 0 radical (unpaired) electrons. The zero-order valence-electron chi connectivity index (χ0n) is 10.6. The number of aromatic amines is 1. The predicted molar refractivity (Wildman–Crippen MR) is 78.9 cm³/mol. The molecule has 0 amide bonds. The van der Waals surface area contributed by atoms with Gasteiger partial charge in [0.2, 0.25) is 5.95 Å². The Bertz CT molecular complexity index is 850. The number of H-pyrrole nitrogens is 1. The molecule has 21 heavy (non-hydrogen) atoms. The summed E-state index contributed by atoms with van der Waals surface area (Å²) >= 11 is 6.12. The van der Waals surface area contributed by atoms with E-state index in [1.807, 2.05) is 0 Å². The summed E-state index contributed by atoms with van der Waals surface area (Å²) in [5.74, 6) is 6.04. The quantitative estimate of drug-likeness (QED) is 0.429. The minimum absolute atomic E-state index is 0.224. The number of aromatic nitrogens is 4. The lowest BCUT2D eigenvalue weighted by atomic mass is 10.2. The number of rotatable bonds is 3. The molecule has 3 rings (SSSR count). The van der Waals surface area contributed by atoms with E-state index in [9.17, 15) is 0 Å². The molecule has 0 unspecified atom stereocenters. The molecule has 0 aliphatic rings. The highest BCUT2D eigenvalue weighted by Crippen LogP contribution is 2.29. The first kappa shape index (κ1) is 13.1. The Balaban J connectivity index is 2.09. The van der Waals surface area contributed by atoms with Gasteiger partial charge in [-0.1, -0.05) is 11.6 Å². The second kappa shape index (κ2) is 5.24. The molecule has 0 aliphatic carbocycles. The lowest BCUT2D eigenvalue weighted by Crippen LogP contribution is -2.11. The minimum Gasteiger partial charge on any atom is -0.338 e. The van der Waals surface area contributed by atoms with Crippen LogP contribution in [-0.2, 0) is 0 Å². The van der Waals surface area contributed by atoms with Crippen LogP contribution in [0.5, 0.6) is 0 Å². The van der Waals surface area contributed by atoms with Gasteiger partial charge in [0, 0.05) is 0 Å². The minimum atomic E-state index is 0.224. The van der Waals surface area contributed by atoms with E-state index in [1.165, 1.54) is 0 Å². The first-order chi connectivity index (χ1) is 10.2. The van der Waals surface area contributed by atoms with Gasteiger partial charge in [0.05, 0.1) is 33.9 Å². The highest BCUT2D eigenvalue weighted by atomic mass is 35.5. The van der Waals surface area contributed by atoms with Gasteiger partial charge in [0.15, 0.2) is 5.65 Å². The summed E-state index contributed by atoms with van der Waals surface area (Å²) in [5, 5.41) is 19.8. The lowest BCUT2D eigenvalue weighted by Gasteiger charge is -2.10. The highest BCUT2D eigenvalue weighted by Gasteiger charge is 2.11. The average molecular weight is 301 g/mol. The molecule has 0 aliphatic heterocycles. The van der Waals surface area contributed by atoms with E-state index >= 15 is 0 Å². The number of nitrogen functional groups attached to an aromatic ring is 1. The Morgan fingerprint density at radius 3 is 2.95 bits per heavy atom. The molecular weight excluding hydrogens is 292 g/mol. The number of hydrazine groups is 1. The molecule has 9 heteroatoms. The second-order valence-corrected chi connectivity index (χ2v) is 4.51. The van der Waals surface area contributed by atoms with Crippen molar-refractivity contribution in [1.82, 2.24) is 20.2 Å². The molecule has 0 fully saturated rings. The van der Waals surface area contributed by atoms with Crippen molar-refractivity contribution >= 4 is 40.1 Å². The van der Waals surface area contributed by atoms with Crippen molar-refractivity contribution in [3.05, 3.63) is 35.0 Å². The molecule has 2 heterocycles. The van der Waals surface area contributed by atoms with Gasteiger partial charge in [0.25, 0.3) is 0 Å². The van der Waals surface area contributed by atoms with Crippen LogP contribution in [0.1, 0.15) is 5.56 Å². The Hall–Kier alpha value is -2.89. The summed E-state index contributed by atoms with van der Waals surface area (Å²) in [4.78, 5) is 8.35. The van der Waals surface area contributed by atoms with Crippen LogP contribution in [0.4, 0.5) is 17.5 Å². The summed E-state index contributed by atoms with van der Waals surface area (Å²) in [5.41, 5.74) is 3.94. The Labute approximate surface area is 123 Å². The van der Waals surface area contributed by atoms with Crippen LogP contribution in [0.15, 0.2) is 24.4 Å². The molecule has 104 valence electrons. The normalized spacial score (nSPS) is 10.3. The van der Waals surface area contributed by atoms with Crippen molar-refractivity contribution in [2.75, 3.05) is 10.7 Å². The topological polar surface area (TPSA) is 128 Å². The highest BCUT2D eigenvalue weighted by molar-refractivity contribution is 6.33. The van der Waals surface area contributed by atoms with E-state index in [0.717, 1.165) is 0 Å². The molecule has 2 aromatic heterocycles. The third kappa shape index (κ3) is 2.43. The van der Waals surface area contributed by atoms with Crippen LogP contribution in [-0.4, -0.2) is 20.2 Å². The third-order valence-electron chi connectivity index (χ3n) is 2.79. The summed E-state index contributed by atoms with van der Waals surface area (Å²) in [6.45, 7) is 0.